The maximum atomic E-state index is 9.38. The Morgan fingerprint density at radius 1 is 1.35 bits per heavy atom. The molecule has 0 aliphatic carbocycles. The summed E-state index contributed by atoms with van der Waals surface area (Å²) in [6.07, 6.45) is 0.797. The van der Waals surface area contributed by atoms with E-state index >= 15 is 0 Å². The zero-order valence-electron chi connectivity index (χ0n) is 10.0. The van der Waals surface area contributed by atoms with Gasteiger partial charge >= 0.3 is 0 Å². The van der Waals surface area contributed by atoms with Gasteiger partial charge in [0.2, 0.25) is 0 Å². The Labute approximate surface area is 102 Å². The third-order valence-electron chi connectivity index (χ3n) is 3.00. The first-order valence-electron chi connectivity index (χ1n) is 6.07. The lowest BCUT2D eigenvalue weighted by molar-refractivity contribution is 0.0353. The van der Waals surface area contributed by atoms with Crippen LogP contribution in [0.3, 0.4) is 0 Å². The highest BCUT2D eigenvalue weighted by Gasteiger charge is 2.14. The van der Waals surface area contributed by atoms with Crippen molar-refractivity contribution < 1.29 is 9.84 Å². The van der Waals surface area contributed by atoms with Crippen molar-refractivity contribution in [1.29, 1.82) is 0 Å². The van der Waals surface area contributed by atoms with Gasteiger partial charge in [0, 0.05) is 25.7 Å². The van der Waals surface area contributed by atoms with Crippen molar-refractivity contribution in [3.05, 3.63) is 29.8 Å². The Balaban J connectivity index is 1.82. The fourth-order valence-corrected chi connectivity index (χ4v) is 2.17. The van der Waals surface area contributed by atoms with Crippen molar-refractivity contribution in [1.82, 2.24) is 4.90 Å². The van der Waals surface area contributed by atoms with Crippen molar-refractivity contribution in [2.45, 2.75) is 12.5 Å². The Morgan fingerprint density at radius 3 is 2.82 bits per heavy atom. The molecule has 0 radical (unpaired) electrons. The number of benzene rings is 1. The van der Waals surface area contributed by atoms with E-state index in [9.17, 15) is 5.11 Å². The summed E-state index contributed by atoms with van der Waals surface area (Å²) in [6, 6.07) is 7.41. The molecule has 1 heterocycles. The van der Waals surface area contributed by atoms with Gasteiger partial charge in [0.1, 0.15) is 5.75 Å². The molecule has 0 spiro atoms. The average Bonchev–Trinajstić information content (AvgIpc) is 2.30. The largest absolute Gasteiger partial charge is 0.508 e. The van der Waals surface area contributed by atoms with Gasteiger partial charge in [-0.05, 0) is 24.1 Å². The van der Waals surface area contributed by atoms with E-state index in [1.807, 2.05) is 12.1 Å². The number of phenols is 1. The molecule has 1 saturated heterocycles. The fourth-order valence-electron chi connectivity index (χ4n) is 2.17. The zero-order chi connectivity index (χ0) is 12.1. The Kier molecular flexibility index (Phi) is 4.36. The van der Waals surface area contributed by atoms with E-state index in [4.69, 9.17) is 10.5 Å². The molecular weight excluding hydrogens is 216 g/mol. The van der Waals surface area contributed by atoms with Crippen molar-refractivity contribution in [2.24, 2.45) is 5.73 Å². The minimum absolute atomic E-state index is 0.106. The number of aromatic hydroxyl groups is 1. The van der Waals surface area contributed by atoms with Crippen molar-refractivity contribution in [2.75, 3.05) is 32.8 Å². The van der Waals surface area contributed by atoms with Crippen LogP contribution in [-0.4, -0.2) is 48.9 Å². The fraction of sp³-hybridized carbons (Fsp3) is 0.538. The summed E-state index contributed by atoms with van der Waals surface area (Å²) in [4.78, 5) is 2.33. The third-order valence-corrected chi connectivity index (χ3v) is 3.00. The summed E-state index contributed by atoms with van der Waals surface area (Å²) in [5, 5.41) is 9.38. The van der Waals surface area contributed by atoms with E-state index in [2.05, 4.69) is 4.90 Å². The van der Waals surface area contributed by atoms with Gasteiger partial charge < -0.3 is 15.6 Å². The molecule has 2 rings (SSSR count). The number of hydrogen-bond donors (Lipinski definition) is 2. The average molecular weight is 236 g/mol. The standard InChI is InChI=1S/C13H20N2O2/c14-12(10-15-4-6-17-7-5-15)8-11-2-1-3-13(16)9-11/h1-3,9,12,16H,4-8,10,14H2. The Hall–Kier alpha value is -1.10. The molecule has 1 aliphatic rings. The SMILES string of the molecule is NC(Cc1cccc(O)c1)CN1CCOCC1. The van der Waals surface area contributed by atoms with Gasteiger partial charge in [-0.2, -0.15) is 0 Å². The monoisotopic (exact) mass is 236 g/mol. The van der Waals surface area contributed by atoms with Gasteiger partial charge in [-0.15, -0.1) is 0 Å². The number of morpholine rings is 1. The van der Waals surface area contributed by atoms with Gasteiger partial charge in [0.25, 0.3) is 0 Å². The van der Waals surface area contributed by atoms with Gasteiger partial charge in [-0.25, -0.2) is 0 Å². The van der Waals surface area contributed by atoms with Gasteiger partial charge in [-0.3, -0.25) is 4.90 Å². The normalized spacial score (nSPS) is 19.1. The van der Waals surface area contributed by atoms with Gasteiger partial charge in [-0.1, -0.05) is 12.1 Å². The Bertz CT molecular complexity index is 351. The molecule has 0 saturated carbocycles. The van der Waals surface area contributed by atoms with E-state index in [0.717, 1.165) is 44.8 Å². The van der Waals surface area contributed by atoms with Crippen molar-refractivity contribution in [3.63, 3.8) is 0 Å². The summed E-state index contributed by atoms with van der Waals surface area (Å²) in [7, 11) is 0. The number of nitrogens with two attached hydrogens (primary N) is 1. The van der Waals surface area contributed by atoms with Crippen LogP contribution < -0.4 is 5.73 Å². The second-order valence-corrected chi connectivity index (χ2v) is 4.55. The number of ether oxygens (including phenoxy) is 1. The summed E-state index contributed by atoms with van der Waals surface area (Å²) in [5.74, 6) is 0.307. The lowest BCUT2D eigenvalue weighted by atomic mass is 10.1. The van der Waals surface area contributed by atoms with Crippen LogP contribution in [0.2, 0.25) is 0 Å². The van der Waals surface area contributed by atoms with Gasteiger partial charge in [0.15, 0.2) is 0 Å². The molecule has 4 heteroatoms. The van der Waals surface area contributed by atoms with E-state index < -0.39 is 0 Å². The molecular formula is C13H20N2O2. The molecule has 1 unspecified atom stereocenters. The molecule has 1 aliphatic heterocycles. The highest BCUT2D eigenvalue weighted by Crippen LogP contribution is 2.12. The summed E-state index contributed by atoms with van der Waals surface area (Å²) in [5.41, 5.74) is 7.21. The van der Waals surface area contributed by atoms with E-state index in [1.165, 1.54) is 0 Å². The predicted octanol–water partition coefficient (Wildman–Crippen LogP) is 0.594. The smallest absolute Gasteiger partial charge is 0.115 e. The van der Waals surface area contributed by atoms with Crippen molar-refractivity contribution in [3.8, 4) is 5.75 Å². The first-order chi connectivity index (χ1) is 8.24. The van der Waals surface area contributed by atoms with Crippen LogP contribution in [0.4, 0.5) is 0 Å². The van der Waals surface area contributed by atoms with E-state index in [1.54, 1.807) is 12.1 Å². The lowest BCUT2D eigenvalue weighted by Gasteiger charge is -2.29. The molecule has 0 bridgehead atoms. The highest BCUT2D eigenvalue weighted by atomic mass is 16.5. The lowest BCUT2D eigenvalue weighted by Crippen LogP contribution is -2.44. The quantitative estimate of drug-likeness (QED) is 0.803. The molecule has 94 valence electrons. The number of hydrogen-bond acceptors (Lipinski definition) is 4. The molecule has 17 heavy (non-hydrogen) atoms. The third kappa shape index (κ3) is 4.00. The first kappa shape index (κ1) is 12.4. The van der Waals surface area contributed by atoms with Crippen LogP contribution in [0.15, 0.2) is 24.3 Å². The Morgan fingerprint density at radius 2 is 2.12 bits per heavy atom. The van der Waals surface area contributed by atoms with Crippen LogP contribution >= 0.6 is 0 Å². The molecule has 1 aromatic carbocycles. The highest BCUT2D eigenvalue weighted by molar-refractivity contribution is 5.27. The van der Waals surface area contributed by atoms with Gasteiger partial charge in [0.05, 0.1) is 13.2 Å². The van der Waals surface area contributed by atoms with E-state index in [-0.39, 0.29) is 6.04 Å². The molecule has 1 atom stereocenters. The number of rotatable bonds is 4. The van der Waals surface area contributed by atoms with Crippen LogP contribution in [0.1, 0.15) is 5.56 Å². The minimum Gasteiger partial charge on any atom is -0.508 e. The molecule has 1 aromatic rings. The second-order valence-electron chi connectivity index (χ2n) is 4.55. The second kappa shape index (κ2) is 6.00. The predicted molar refractivity (Wildman–Crippen MR) is 67.0 cm³/mol. The summed E-state index contributed by atoms with van der Waals surface area (Å²) >= 11 is 0. The van der Waals surface area contributed by atoms with Crippen molar-refractivity contribution >= 4 is 0 Å². The van der Waals surface area contributed by atoms with E-state index in [0.29, 0.717) is 5.75 Å². The molecule has 1 fully saturated rings. The molecule has 3 N–H and O–H groups in total. The molecule has 0 aromatic heterocycles. The molecule has 0 amide bonds. The zero-order valence-corrected chi connectivity index (χ0v) is 10.0. The topological polar surface area (TPSA) is 58.7 Å². The summed E-state index contributed by atoms with van der Waals surface area (Å²) in [6.45, 7) is 4.43. The van der Waals surface area contributed by atoms with Crippen LogP contribution in [0.25, 0.3) is 0 Å². The maximum absolute atomic E-state index is 9.38. The first-order valence-corrected chi connectivity index (χ1v) is 6.07. The van der Waals surface area contributed by atoms with Crippen LogP contribution in [0.5, 0.6) is 5.75 Å². The molecule has 4 nitrogen and oxygen atoms in total. The van der Waals surface area contributed by atoms with Crippen LogP contribution in [0, 0.1) is 0 Å². The minimum atomic E-state index is 0.106. The number of phenolic OH excluding ortho intramolecular Hbond substituents is 1. The maximum Gasteiger partial charge on any atom is 0.115 e. The number of nitrogens with zero attached hydrogens (tertiary/aromatic N) is 1. The van der Waals surface area contributed by atoms with Crippen LogP contribution in [-0.2, 0) is 11.2 Å². The summed E-state index contributed by atoms with van der Waals surface area (Å²) < 4.78 is 5.30.